The summed E-state index contributed by atoms with van der Waals surface area (Å²) in [7, 11) is 0. The standard InChI is InChI=1S/C78H119N23O16S/c1-9-44(7)62-74(116)93-50(30-21-33-87-77(82)83)65(107)95-55(38-59(104)105)70(112)92-51(31-22-34-88-78(84)85)67(109)98-60(42(3)4)72(114)96-53(36-47-25-16-12-17-26-47)69(111)91-49(29-20-32-86-76(80)81)66(108)97-56(64(106)89-39-57(79)102)40-118-41-58(103)90-52(35-46-23-14-11-15-24-46)68(110)94-54(37-48-27-18-13-19-28-48)71(113)100-63(45(8)10-2)75(117)99-61(43(5)6)73(115)101-62/h11-19,23-28,42-45,49-56,60-63H,9-10,20-22,29-41H2,1-8H3,(H2,79,102)(H,89,106)(H,90,103)(H,91,111)(H,92,112)(H,93,116)(H,94,110)(H,95,107)(H,96,114)(H,97,108)(H,98,109)(H,99,117)(H,100,113)(H,101,115)(H,104,105)(H4,80,81,86)(H4,82,83,87)(H4,84,85,88)/t44-,45-,49-,50-,51-,52-,53-,54-,55-,56-,60-,61-,62-,63-/m0/s1. The van der Waals surface area contributed by atoms with Crippen molar-refractivity contribution in [3.05, 3.63) is 108 Å². The van der Waals surface area contributed by atoms with Crippen molar-refractivity contribution in [2.45, 2.75) is 205 Å². The van der Waals surface area contributed by atoms with Crippen molar-refractivity contribution < 1.29 is 77.0 Å². The van der Waals surface area contributed by atoms with E-state index in [4.69, 9.17) is 39.2 Å². The molecule has 1 fully saturated rings. The Morgan fingerprint density at radius 1 is 0.407 bits per heavy atom. The molecular formula is C78H119N23O16S. The second-order valence-electron chi connectivity index (χ2n) is 29.6. The summed E-state index contributed by atoms with van der Waals surface area (Å²) in [6.45, 7) is 12.3. The summed E-state index contributed by atoms with van der Waals surface area (Å²) >= 11 is 0.802. The fourth-order valence-electron chi connectivity index (χ4n) is 12.3. The van der Waals surface area contributed by atoms with Gasteiger partial charge in [-0.3, -0.25) is 88.1 Å². The minimum absolute atomic E-state index is 0.00382. The minimum Gasteiger partial charge on any atom is -0.481 e. The summed E-state index contributed by atoms with van der Waals surface area (Å²) < 4.78 is 0. The van der Waals surface area contributed by atoms with E-state index in [9.17, 15) is 72.2 Å². The molecule has 0 aliphatic carbocycles. The third-order valence-electron chi connectivity index (χ3n) is 19.3. The second-order valence-corrected chi connectivity index (χ2v) is 30.6. The lowest BCUT2D eigenvalue weighted by Crippen LogP contribution is -2.63. The van der Waals surface area contributed by atoms with E-state index in [-0.39, 0.29) is 90.3 Å². The van der Waals surface area contributed by atoms with Crippen molar-refractivity contribution >= 4 is 118 Å². The van der Waals surface area contributed by atoms with Gasteiger partial charge in [0.05, 0.1) is 18.7 Å². The number of thioether (sulfide) groups is 1. The first kappa shape index (κ1) is 98.2. The number of nitrogens with one attached hydrogen (secondary N) is 19. The first-order chi connectivity index (χ1) is 55.9. The van der Waals surface area contributed by atoms with Gasteiger partial charge in [-0.25, -0.2) is 0 Å². The highest BCUT2D eigenvalue weighted by atomic mass is 32.2. The number of amides is 14. The molecule has 3 aromatic carbocycles. The van der Waals surface area contributed by atoms with E-state index in [0.717, 1.165) is 11.8 Å². The third-order valence-corrected chi connectivity index (χ3v) is 20.3. The average molecular weight is 1670 g/mol. The molecule has 1 heterocycles. The molecule has 0 spiro atoms. The van der Waals surface area contributed by atoms with Gasteiger partial charge in [0.25, 0.3) is 0 Å². The van der Waals surface area contributed by atoms with E-state index in [2.05, 4.69) is 85.1 Å². The van der Waals surface area contributed by atoms with Crippen molar-refractivity contribution in [3.63, 3.8) is 0 Å². The second kappa shape index (κ2) is 51.1. The van der Waals surface area contributed by atoms with Crippen molar-refractivity contribution in [1.82, 2.24) is 85.1 Å². The van der Waals surface area contributed by atoms with Crippen molar-refractivity contribution in [2.75, 3.05) is 37.7 Å². The molecule has 0 bridgehead atoms. The number of aliphatic carboxylic acids is 1. The van der Waals surface area contributed by atoms with Crippen LogP contribution in [-0.2, 0) is 91.2 Å². The monoisotopic (exact) mass is 1670 g/mol. The summed E-state index contributed by atoms with van der Waals surface area (Å²) in [6.07, 6.45) is -1.94. The predicted molar refractivity (Wildman–Crippen MR) is 441 cm³/mol. The number of primary amides is 1. The fraction of sp³-hybridized carbons (Fsp3) is 0.538. The van der Waals surface area contributed by atoms with Crippen LogP contribution < -0.4 is 108 Å². The molecule has 28 N–H and O–H groups in total. The van der Waals surface area contributed by atoms with Crippen molar-refractivity contribution in [2.24, 2.45) is 46.6 Å². The van der Waals surface area contributed by atoms with Gasteiger partial charge in [-0.2, -0.15) is 0 Å². The lowest BCUT2D eigenvalue weighted by Gasteiger charge is -2.32. The molecule has 1 aliphatic heterocycles. The van der Waals surface area contributed by atoms with Crippen LogP contribution in [0.3, 0.4) is 0 Å². The number of carboxylic acids is 1. The summed E-state index contributed by atoms with van der Waals surface area (Å²) in [5.74, 6) is -20.2. The lowest BCUT2D eigenvalue weighted by atomic mass is 9.94. The van der Waals surface area contributed by atoms with Crippen LogP contribution >= 0.6 is 11.8 Å². The summed E-state index contributed by atoms with van der Waals surface area (Å²) in [5.41, 5.74) is 23.7. The molecule has 3 aromatic rings. The van der Waals surface area contributed by atoms with Crippen LogP contribution in [0.15, 0.2) is 91.0 Å². The Morgan fingerprint density at radius 3 is 1.09 bits per heavy atom. The Bertz CT molecular complexity index is 3920. The zero-order chi connectivity index (χ0) is 87.7. The van der Waals surface area contributed by atoms with Gasteiger partial charge in [-0.1, -0.05) is 159 Å². The van der Waals surface area contributed by atoms with Gasteiger partial charge >= 0.3 is 5.97 Å². The Kier molecular flexibility index (Phi) is 42.5. The maximum Gasteiger partial charge on any atom is 0.305 e. The normalized spacial score (nSPS) is 23.1. The van der Waals surface area contributed by atoms with Crippen LogP contribution in [0.5, 0.6) is 0 Å². The first-order valence-corrected chi connectivity index (χ1v) is 40.4. The number of carboxylic acid groups (broad SMARTS) is 1. The Morgan fingerprint density at radius 2 is 0.703 bits per heavy atom. The smallest absolute Gasteiger partial charge is 0.305 e. The van der Waals surface area contributed by atoms with Gasteiger partial charge in [0.1, 0.15) is 72.5 Å². The van der Waals surface area contributed by atoms with Crippen molar-refractivity contribution in [3.8, 4) is 0 Å². The Labute approximate surface area is 690 Å². The topological polar surface area (TPSA) is 644 Å². The molecule has 648 valence electrons. The zero-order valence-electron chi connectivity index (χ0n) is 67.9. The Hall–Kier alpha value is -12.1. The lowest BCUT2D eigenvalue weighted by molar-refractivity contribution is -0.142. The van der Waals surface area contributed by atoms with E-state index in [1.54, 1.807) is 146 Å². The molecule has 14 amide bonds. The SMILES string of the molecule is CC[C@H](C)[C@@H]1NC(=O)[C@H](Cc2ccccc2)NC(=O)[C@H](Cc2ccccc2)NC(=O)CSC[C@@H](C(=O)NCC(N)=O)NC(=O)[C@H](CCCNC(=N)N)NC(=O)[C@H](Cc2ccccc2)NC(=O)[C@H](C(C)C)NC(=O)[C@H](CCCNC(=N)N)NC(=O)[C@H](CC(=O)O)NC(=O)[C@H](CCCNC(=N)N)NC(=O)[C@H]([C@@H](C)CC)NC(=O)[C@H](C(C)C)NC1=O. The Balaban J connectivity index is 1.98. The number of hydrogen-bond donors (Lipinski definition) is 24. The van der Waals surface area contributed by atoms with Gasteiger partial charge in [0.2, 0.25) is 82.7 Å². The van der Waals surface area contributed by atoms with Crippen LogP contribution in [0.25, 0.3) is 0 Å². The zero-order valence-corrected chi connectivity index (χ0v) is 68.7. The van der Waals surface area contributed by atoms with Crippen LogP contribution in [-0.4, -0.2) is 222 Å². The molecular weight excluding hydrogens is 1550 g/mol. The van der Waals surface area contributed by atoms with E-state index in [1.807, 2.05) is 0 Å². The quantitative estimate of drug-likeness (QED) is 0.0183. The number of rotatable bonds is 29. The molecule has 1 saturated heterocycles. The molecule has 39 nitrogen and oxygen atoms in total. The van der Waals surface area contributed by atoms with Crippen LogP contribution in [0, 0.1) is 39.9 Å². The maximum absolute atomic E-state index is 15.0. The van der Waals surface area contributed by atoms with E-state index < -0.39 is 227 Å². The molecule has 0 saturated carbocycles. The minimum atomic E-state index is -2.01. The van der Waals surface area contributed by atoms with Crippen molar-refractivity contribution in [1.29, 1.82) is 16.2 Å². The van der Waals surface area contributed by atoms with Gasteiger partial charge in [0, 0.05) is 44.6 Å². The molecule has 14 atom stereocenters. The highest BCUT2D eigenvalue weighted by Crippen LogP contribution is 2.18. The number of carbonyl (C=O) groups excluding carboxylic acids is 14. The average Bonchev–Trinajstić information content (AvgIpc) is 0.834. The van der Waals surface area contributed by atoms with Gasteiger partial charge in [-0.05, 0) is 78.9 Å². The number of hydrogen-bond acceptors (Lipinski definition) is 19. The molecule has 4 rings (SSSR count). The summed E-state index contributed by atoms with van der Waals surface area (Å²) in [6, 6.07) is 6.60. The highest BCUT2D eigenvalue weighted by Gasteiger charge is 2.40. The van der Waals surface area contributed by atoms with Gasteiger partial charge in [0.15, 0.2) is 17.9 Å². The van der Waals surface area contributed by atoms with E-state index >= 15 is 4.79 Å². The van der Waals surface area contributed by atoms with Crippen LogP contribution in [0.2, 0.25) is 0 Å². The number of nitrogens with two attached hydrogens (primary N) is 4. The van der Waals surface area contributed by atoms with Gasteiger partial charge < -0.3 is 113 Å². The molecule has 0 unspecified atom stereocenters. The van der Waals surface area contributed by atoms with E-state index in [1.165, 1.54) is 0 Å². The first-order valence-electron chi connectivity index (χ1n) is 39.3. The number of carbonyl (C=O) groups is 15. The predicted octanol–water partition coefficient (Wildman–Crippen LogP) is -3.45. The van der Waals surface area contributed by atoms with E-state index in [0.29, 0.717) is 16.7 Å². The largest absolute Gasteiger partial charge is 0.481 e. The fourth-order valence-corrected chi connectivity index (χ4v) is 13.2. The summed E-state index contributed by atoms with van der Waals surface area (Å²) in [5, 5.41) is 75.5. The number of guanidine groups is 3. The molecule has 118 heavy (non-hydrogen) atoms. The molecule has 40 heteroatoms. The maximum atomic E-state index is 15.0. The third kappa shape index (κ3) is 35.5. The van der Waals surface area contributed by atoms with Gasteiger partial charge in [-0.15, -0.1) is 11.8 Å². The van der Waals surface area contributed by atoms with Crippen LogP contribution in [0.1, 0.15) is 130 Å². The van der Waals surface area contributed by atoms with Crippen LogP contribution in [0.4, 0.5) is 0 Å². The molecule has 0 radical (unpaired) electrons. The molecule has 1 aliphatic rings. The number of benzene rings is 3. The summed E-state index contributed by atoms with van der Waals surface area (Å²) in [4.78, 5) is 216. The molecule has 0 aromatic heterocycles. The highest BCUT2D eigenvalue weighted by molar-refractivity contribution is 8.00.